The van der Waals surface area contributed by atoms with Crippen LogP contribution < -0.4 is 0 Å². The van der Waals surface area contributed by atoms with Gasteiger partial charge in [0.1, 0.15) is 0 Å². The van der Waals surface area contributed by atoms with Gasteiger partial charge in [0.05, 0.1) is 0 Å². The van der Waals surface area contributed by atoms with E-state index in [2.05, 4.69) is 24.0 Å². The van der Waals surface area contributed by atoms with E-state index in [0.29, 0.717) is 0 Å². The van der Waals surface area contributed by atoms with Crippen LogP contribution in [0.15, 0.2) is 24.3 Å². The number of halogens is 1. The standard InChI is InChI=1S/C14H18ClN/c1-14(12-2-4-13(15)5-3-12)10-11-6-8-16(14)9-7-11/h2-5,11H,6-10H2,1H3. The summed E-state index contributed by atoms with van der Waals surface area (Å²) in [6.45, 7) is 4.93. The predicted octanol–water partition coefficient (Wildman–Crippen LogP) is 3.67. The molecule has 0 saturated carbocycles. The first-order valence-electron chi connectivity index (χ1n) is 6.19. The highest BCUT2D eigenvalue weighted by atomic mass is 35.5. The second kappa shape index (κ2) is 3.75. The Morgan fingerprint density at radius 2 is 1.81 bits per heavy atom. The van der Waals surface area contributed by atoms with Crippen LogP contribution >= 0.6 is 11.6 Å². The molecule has 16 heavy (non-hydrogen) atoms. The Kier molecular flexibility index (Phi) is 2.49. The Morgan fingerprint density at radius 1 is 1.19 bits per heavy atom. The summed E-state index contributed by atoms with van der Waals surface area (Å²) in [7, 11) is 0. The zero-order chi connectivity index (χ0) is 11.2. The molecule has 3 fully saturated rings. The average Bonchev–Trinajstić information content (AvgIpc) is 2.31. The number of nitrogens with zero attached hydrogens (tertiary/aromatic N) is 1. The topological polar surface area (TPSA) is 3.24 Å². The summed E-state index contributed by atoms with van der Waals surface area (Å²) in [6.07, 6.45) is 4.10. The van der Waals surface area contributed by atoms with Crippen molar-refractivity contribution in [1.82, 2.24) is 4.90 Å². The maximum absolute atomic E-state index is 5.96. The number of fused-ring (bicyclic) bond motifs is 3. The van der Waals surface area contributed by atoms with Gasteiger partial charge in [-0.1, -0.05) is 23.7 Å². The third-order valence-electron chi connectivity index (χ3n) is 4.46. The van der Waals surface area contributed by atoms with Gasteiger partial charge in [-0.2, -0.15) is 0 Å². The molecule has 0 aromatic heterocycles. The van der Waals surface area contributed by atoms with E-state index in [-0.39, 0.29) is 5.54 Å². The summed E-state index contributed by atoms with van der Waals surface area (Å²) in [5, 5.41) is 0.836. The van der Waals surface area contributed by atoms with Crippen molar-refractivity contribution in [2.75, 3.05) is 13.1 Å². The molecule has 0 radical (unpaired) electrons. The lowest BCUT2D eigenvalue weighted by Gasteiger charge is -2.53. The second-order valence-electron chi connectivity index (χ2n) is 5.42. The molecule has 0 amide bonds. The molecule has 3 aliphatic heterocycles. The van der Waals surface area contributed by atoms with Gasteiger partial charge in [-0.25, -0.2) is 0 Å². The molecule has 1 aromatic carbocycles. The van der Waals surface area contributed by atoms with Crippen LogP contribution in [0, 0.1) is 5.92 Å². The van der Waals surface area contributed by atoms with Gasteiger partial charge in [-0.05, 0) is 62.9 Å². The Morgan fingerprint density at radius 3 is 2.31 bits per heavy atom. The highest BCUT2D eigenvalue weighted by molar-refractivity contribution is 6.30. The normalized spacial score (nSPS) is 37.6. The molecule has 0 aliphatic carbocycles. The zero-order valence-electron chi connectivity index (χ0n) is 9.75. The van der Waals surface area contributed by atoms with Crippen molar-refractivity contribution < 1.29 is 0 Å². The van der Waals surface area contributed by atoms with Gasteiger partial charge in [0.15, 0.2) is 0 Å². The largest absolute Gasteiger partial charge is 0.294 e. The van der Waals surface area contributed by atoms with Gasteiger partial charge in [0, 0.05) is 10.6 Å². The van der Waals surface area contributed by atoms with Crippen molar-refractivity contribution in [2.45, 2.75) is 31.7 Å². The molecule has 3 heterocycles. The maximum Gasteiger partial charge on any atom is 0.0435 e. The van der Waals surface area contributed by atoms with Crippen molar-refractivity contribution in [3.05, 3.63) is 34.9 Å². The van der Waals surface area contributed by atoms with Gasteiger partial charge in [0.2, 0.25) is 0 Å². The van der Waals surface area contributed by atoms with Gasteiger partial charge >= 0.3 is 0 Å². The van der Waals surface area contributed by atoms with Crippen molar-refractivity contribution in [2.24, 2.45) is 5.92 Å². The first-order chi connectivity index (χ1) is 7.68. The third-order valence-corrected chi connectivity index (χ3v) is 4.72. The Balaban J connectivity index is 1.95. The molecule has 3 aliphatic rings. The first kappa shape index (κ1) is 10.6. The summed E-state index contributed by atoms with van der Waals surface area (Å²) in [5.74, 6) is 0.936. The van der Waals surface area contributed by atoms with Crippen LogP contribution in [0.3, 0.4) is 0 Å². The van der Waals surface area contributed by atoms with Crippen LogP contribution in [0.1, 0.15) is 31.7 Å². The molecule has 0 N–H and O–H groups in total. The van der Waals surface area contributed by atoms with Crippen LogP contribution in [0.5, 0.6) is 0 Å². The fraction of sp³-hybridized carbons (Fsp3) is 0.571. The van der Waals surface area contributed by atoms with Gasteiger partial charge in [-0.3, -0.25) is 4.90 Å². The first-order valence-corrected chi connectivity index (χ1v) is 6.57. The lowest BCUT2D eigenvalue weighted by Crippen LogP contribution is -2.54. The minimum atomic E-state index is 0.256. The van der Waals surface area contributed by atoms with Crippen LogP contribution in [-0.4, -0.2) is 18.0 Å². The molecular formula is C14H18ClN. The van der Waals surface area contributed by atoms with Gasteiger partial charge < -0.3 is 0 Å². The predicted molar refractivity (Wildman–Crippen MR) is 67.7 cm³/mol. The fourth-order valence-corrected chi connectivity index (χ4v) is 3.56. The average molecular weight is 236 g/mol. The number of hydrogen-bond acceptors (Lipinski definition) is 1. The molecule has 1 unspecified atom stereocenters. The quantitative estimate of drug-likeness (QED) is 0.718. The smallest absolute Gasteiger partial charge is 0.0435 e. The van der Waals surface area contributed by atoms with Gasteiger partial charge in [0.25, 0.3) is 0 Å². The van der Waals surface area contributed by atoms with E-state index in [1.807, 2.05) is 12.1 Å². The molecule has 3 saturated heterocycles. The molecule has 2 bridgehead atoms. The molecule has 4 rings (SSSR count). The molecule has 1 atom stereocenters. The maximum atomic E-state index is 5.96. The lowest BCUT2D eigenvalue weighted by molar-refractivity contribution is -0.0214. The SMILES string of the molecule is CC1(c2ccc(Cl)cc2)CC2CCN1CC2. The fourth-order valence-electron chi connectivity index (χ4n) is 3.43. The molecule has 86 valence electrons. The Bertz CT molecular complexity index is 378. The number of rotatable bonds is 1. The van der Waals surface area contributed by atoms with E-state index < -0.39 is 0 Å². The highest BCUT2D eigenvalue weighted by Gasteiger charge is 2.43. The number of hydrogen-bond donors (Lipinski definition) is 0. The molecule has 0 spiro atoms. The van der Waals surface area contributed by atoms with Crippen LogP contribution in [0.2, 0.25) is 5.02 Å². The third kappa shape index (κ3) is 1.57. The van der Waals surface area contributed by atoms with E-state index in [1.165, 1.54) is 37.9 Å². The molecule has 1 nitrogen and oxygen atoms in total. The summed E-state index contributed by atoms with van der Waals surface area (Å²) < 4.78 is 0. The molecule has 2 heteroatoms. The van der Waals surface area contributed by atoms with E-state index in [4.69, 9.17) is 11.6 Å². The van der Waals surface area contributed by atoms with Crippen molar-refractivity contribution in [1.29, 1.82) is 0 Å². The van der Waals surface area contributed by atoms with E-state index in [0.717, 1.165) is 10.9 Å². The lowest BCUT2D eigenvalue weighted by atomic mass is 9.72. The molecular weight excluding hydrogens is 218 g/mol. The van der Waals surface area contributed by atoms with Crippen molar-refractivity contribution >= 4 is 11.6 Å². The number of benzene rings is 1. The van der Waals surface area contributed by atoms with Crippen molar-refractivity contribution in [3.63, 3.8) is 0 Å². The zero-order valence-corrected chi connectivity index (χ0v) is 10.5. The van der Waals surface area contributed by atoms with Gasteiger partial charge in [-0.15, -0.1) is 0 Å². The number of piperidine rings is 3. The van der Waals surface area contributed by atoms with Crippen molar-refractivity contribution in [3.8, 4) is 0 Å². The summed E-state index contributed by atoms with van der Waals surface area (Å²) in [6, 6.07) is 8.43. The summed E-state index contributed by atoms with van der Waals surface area (Å²) >= 11 is 5.96. The van der Waals surface area contributed by atoms with Crippen LogP contribution in [-0.2, 0) is 5.54 Å². The van der Waals surface area contributed by atoms with Crippen LogP contribution in [0.25, 0.3) is 0 Å². The van der Waals surface area contributed by atoms with E-state index in [1.54, 1.807) is 0 Å². The highest BCUT2D eigenvalue weighted by Crippen LogP contribution is 2.45. The Labute approximate surface area is 102 Å². The Hall–Kier alpha value is -0.530. The van der Waals surface area contributed by atoms with Crippen LogP contribution in [0.4, 0.5) is 0 Å². The van der Waals surface area contributed by atoms with E-state index in [9.17, 15) is 0 Å². The van der Waals surface area contributed by atoms with E-state index >= 15 is 0 Å². The monoisotopic (exact) mass is 235 g/mol. The minimum absolute atomic E-state index is 0.256. The minimum Gasteiger partial charge on any atom is -0.294 e. The second-order valence-corrected chi connectivity index (χ2v) is 5.85. The summed E-state index contributed by atoms with van der Waals surface area (Å²) in [4.78, 5) is 2.65. The molecule has 1 aromatic rings. The summed E-state index contributed by atoms with van der Waals surface area (Å²) in [5.41, 5.74) is 1.69.